The van der Waals surface area contributed by atoms with E-state index >= 15 is 0 Å². The first-order valence-electron chi connectivity index (χ1n) is 7.92. The number of carbonyl (C=O) groups excluding carboxylic acids is 2. The summed E-state index contributed by atoms with van der Waals surface area (Å²) in [7, 11) is -2.06. The molecule has 1 atom stereocenters. The van der Waals surface area contributed by atoms with Crippen LogP contribution in [-0.4, -0.2) is 50.7 Å². The van der Waals surface area contributed by atoms with Gasteiger partial charge in [0.15, 0.2) is 0 Å². The highest BCUT2D eigenvalue weighted by atomic mass is 32.2. The van der Waals surface area contributed by atoms with Crippen molar-refractivity contribution in [2.24, 2.45) is 0 Å². The van der Waals surface area contributed by atoms with Crippen molar-refractivity contribution in [3.05, 3.63) is 23.8 Å². The lowest BCUT2D eigenvalue weighted by atomic mass is 10.1. The largest absolute Gasteiger partial charge is 0.357 e. The van der Waals surface area contributed by atoms with Crippen LogP contribution in [0.15, 0.2) is 23.1 Å². The quantitative estimate of drug-likeness (QED) is 0.846. The molecule has 0 saturated carbocycles. The number of anilines is 1. The van der Waals surface area contributed by atoms with Crippen LogP contribution in [0.4, 0.5) is 5.69 Å². The van der Waals surface area contributed by atoms with Gasteiger partial charge < -0.3 is 5.32 Å². The van der Waals surface area contributed by atoms with Gasteiger partial charge in [-0.25, -0.2) is 8.42 Å². The summed E-state index contributed by atoms with van der Waals surface area (Å²) < 4.78 is 26.7. The van der Waals surface area contributed by atoms with Gasteiger partial charge in [0.05, 0.1) is 4.90 Å². The Bertz CT molecular complexity index is 757. The summed E-state index contributed by atoms with van der Waals surface area (Å²) in [6.07, 6.45) is 0.302. The molecular weight excluding hydrogens is 330 g/mol. The van der Waals surface area contributed by atoms with E-state index in [4.69, 9.17) is 0 Å². The number of hydrogen-bond donors (Lipinski definition) is 1. The fourth-order valence-electron chi connectivity index (χ4n) is 3.07. The fraction of sp³-hybridized carbons (Fsp3) is 0.500. The number of fused-ring (bicyclic) bond motifs is 1. The van der Waals surface area contributed by atoms with Crippen LogP contribution in [0, 0.1) is 0 Å². The van der Waals surface area contributed by atoms with Gasteiger partial charge in [0, 0.05) is 39.2 Å². The number of nitrogens with zero attached hydrogens (tertiary/aromatic N) is 2. The summed E-state index contributed by atoms with van der Waals surface area (Å²) in [6, 6.07) is 4.03. The van der Waals surface area contributed by atoms with Crippen molar-refractivity contribution in [2.75, 3.05) is 25.0 Å². The second-order valence-corrected chi connectivity index (χ2v) is 7.54. The van der Waals surface area contributed by atoms with Crippen molar-refractivity contribution < 1.29 is 18.0 Å². The molecule has 0 bridgehead atoms. The van der Waals surface area contributed by atoms with E-state index in [1.54, 1.807) is 26.0 Å². The third-order valence-corrected chi connectivity index (χ3v) is 6.31. The van der Waals surface area contributed by atoms with E-state index in [9.17, 15) is 18.0 Å². The van der Waals surface area contributed by atoms with Crippen LogP contribution in [0.2, 0.25) is 0 Å². The number of carbonyl (C=O) groups is 2. The molecule has 1 aromatic rings. The van der Waals surface area contributed by atoms with Gasteiger partial charge in [-0.05, 0) is 23.8 Å². The molecule has 1 aromatic carbocycles. The SMILES string of the molecule is CCN(CC)S(=O)(=O)c1ccc2c(c1)C[C@@H](C(=O)NC)N2C(C)=O. The van der Waals surface area contributed by atoms with Crippen molar-refractivity contribution in [3.8, 4) is 0 Å². The first kappa shape index (κ1) is 18.4. The van der Waals surface area contributed by atoms with Gasteiger partial charge in [-0.3, -0.25) is 14.5 Å². The number of sulfonamides is 1. The van der Waals surface area contributed by atoms with E-state index in [1.807, 2.05) is 0 Å². The van der Waals surface area contributed by atoms with Crippen LogP contribution >= 0.6 is 0 Å². The van der Waals surface area contributed by atoms with Crippen molar-refractivity contribution in [3.63, 3.8) is 0 Å². The van der Waals surface area contributed by atoms with Crippen LogP contribution in [0.5, 0.6) is 0 Å². The summed E-state index contributed by atoms with van der Waals surface area (Å²) in [5.74, 6) is -0.517. The fourth-order valence-corrected chi connectivity index (χ4v) is 4.58. The smallest absolute Gasteiger partial charge is 0.243 e. The molecule has 2 rings (SSSR count). The van der Waals surface area contributed by atoms with Crippen LogP contribution in [-0.2, 0) is 26.0 Å². The summed E-state index contributed by atoms with van der Waals surface area (Å²) >= 11 is 0. The highest BCUT2D eigenvalue weighted by Crippen LogP contribution is 2.34. The van der Waals surface area contributed by atoms with Gasteiger partial charge in [0.25, 0.3) is 0 Å². The van der Waals surface area contributed by atoms with Gasteiger partial charge in [0.2, 0.25) is 21.8 Å². The molecule has 1 aliphatic rings. The van der Waals surface area contributed by atoms with Gasteiger partial charge in [0.1, 0.15) is 6.04 Å². The summed E-state index contributed by atoms with van der Waals surface area (Å²) in [4.78, 5) is 25.6. The highest BCUT2D eigenvalue weighted by Gasteiger charge is 2.37. The van der Waals surface area contributed by atoms with E-state index in [0.717, 1.165) is 0 Å². The maximum Gasteiger partial charge on any atom is 0.243 e. The van der Waals surface area contributed by atoms with Crippen LogP contribution in [0.1, 0.15) is 26.3 Å². The Balaban J connectivity index is 2.48. The molecule has 0 aromatic heterocycles. The van der Waals surface area contributed by atoms with Crippen LogP contribution in [0.25, 0.3) is 0 Å². The lowest BCUT2D eigenvalue weighted by Crippen LogP contribution is -2.46. The second kappa shape index (κ2) is 6.90. The molecule has 132 valence electrons. The lowest BCUT2D eigenvalue weighted by molar-refractivity contribution is -0.125. The highest BCUT2D eigenvalue weighted by molar-refractivity contribution is 7.89. The molecule has 1 N–H and O–H groups in total. The summed E-state index contributed by atoms with van der Waals surface area (Å²) in [5.41, 5.74) is 1.28. The minimum atomic E-state index is -3.57. The Morgan fingerprint density at radius 2 is 1.92 bits per heavy atom. The van der Waals surface area contributed by atoms with E-state index in [1.165, 1.54) is 29.2 Å². The van der Waals surface area contributed by atoms with E-state index in [0.29, 0.717) is 30.8 Å². The number of likely N-dealkylation sites (N-methyl/N-ethyl adjacent to an activating group) is 1. The molecule has 24 heavy (non-hydrogen) atoms. The molecule has 8 heteroatoms. The number of benzene rings is 1. The second-order valence-electron chi connectivity index (χ2n) is 5.60. The Kier molecular flexibility index (Phi) is 5.29. The van der Waals surface area contributed by atoms with E-state index in [2.05, 4.69) is 5.32 Å². The van der Waals surface area contributed by atoms with E-state index < -0.39 is 16.1 Å². The molecule has 0 aliphatic carbocycles. The lowest BCUT2D eigenvalue weighted by Gasteiger charge is -2.23. The molecule has 0 radical (unpaired) electrons. The van der Waals surface area contributed by atoms with Gasteiger partial charge in [-0.15, -0.1) is 0 Å². The molecule has 0 spiro atoms. The third kappa shape index (κ3) is 3.03. The van der Waals surface area contributed by atoms with Crippen molar-refractivity contribution >= 4 is 27.5 Å². The monoisotopic (exact) mass is 353 g/mol. The normalized spacial score (nSPS) is 17.0. The Hall–Kier alpha value is -1.93. The molecule has 0 unspecified atom stereocenters. The Labute approximate surface area is 142 Å². The summed E-state index contributed by atoms with van der Waals surface area (Å²) in [6.45, 7) is 5.74. The maximum absolute atomic E-state index is 12.6. The standard InChI is InChI=1S/C16H23N3O4S/c1-5-18(6-2)24(22,23)13-7-8-14-12(9-13)10-15(16(21)17-4)19(14)11(3)20/h7-9,15H,5-6,10H2,1-4H3,(H,17,21)/t15-/m0/s1. The third-order valence-electron chi connectivity index (χ3n) is 4.27. The van der Waals surface area contributed by atoms with Gasteiger partial charge >= 0.3 is 0 Å². The van der Waals surface area contributed by atoms with Gasteiger partial charge in [-0.1, -0.05) is 13.8 Å². The van der Waals surface area contributed by atoms with Crippen molar-refractivity contribution in [2.45, 2.75) is 38.1 Å². The number of nitrogens with one attached hydrogen (secondary N) is 1. The zero-order valence-electron chi connectivity index (χ0n) is 14.4. The molecule has 1 aliphatic heterocycles. The predicted molar refractivity (Wildman–Crippen MR) is 91.3 cm³/mol. The molecule has 0 fully saturated rings. The molecule has 1 heterocycles. The topological polar surface area (TPSA) is 86.8 Å². The molecular formula is C16H23N3O4S. The number of amides is 2. The molecule has 7 nitrogen and oxygen atoms in total. The van der Waals surface area contributed by atoms with Crippen LogP contribution < -0.4 is 10.2 Å². The summed E-state index contributed by atoms with van der Waals surface area (Å²) in [5, 5.41) is 2.55. The first-order chi connectivity index (χ1) is 11.3. The maximum atomic E-state index is 12.6. The average molecular weight is 353 g/mol. The zero-order chi connectivity index (χ0) is 18.1. The predicted octanol–water partition coefficient (Wildman–Crippen LogP) is 0.741. The minimum Gasteiger partial charge on any atom is -0.357 e. The van der Waals surface area contributed by atoms with Crippen LogP contribution in [0.3, 0.4) is 0 Å². The zero-order valence-corrected chi connectivity index (χ0v) is 15.2. The number of rotatable bonds is 5. The first-order valence-corrected chi connectivity index (χ1v) is 9.36. The minimum absolute atomic E-state index is 0.186. The van der Waals surface area contributed by atoms with E-state index in [-0.39, 0.29) is 16.7 Å². The van der Waals surface area contributed by atoms with Crippen molar-refractivity contribution in [1.29, 1.82) is 0 Å². The molecule has 2 amide bonds. The number of hydrogen-bond acceptors (Lipinski definition) is 4. The van der Waals surface area contributed by atoms with Crippen molar-refractivity contribution in [1.82, 2.24) is 9.62 Å². The Morgan fingerprint density at radius 3 is 2.42 bits per heavy atom. The molecule has 0 saturated heterocycles. The van der Waals surface area contributed by atoms with Gasteiger partial charge in [-0.2, -0.15) is 4.31 Å². The Morgan fingerprint density at radius 1 is 1.29 bits per heavy atom. The average Bonchev–Trinajstić information content (AvgIpc) is 2.93.